The number of hydrogen-bond donors (Lipinski definition) is 0. The van der Waals surface area contributed by atoms with Crippen LogP contribution in [0, 0.1) is 5.92 Å². The first-order valence-corrected chi connectivity index (χ1v) is 6.68. The van der Waals surface area contributed by atoms with Crippen molar-refractivity contribution in [1.82, 2.24) is 0 Å². The Morgan fingerprint density at radius 3 is 2.16 bits per heavy atom. The standard InChI is InChI=1S/C16H24O3/c1-10(2)12-7-8-14(18-5)13(9-12)15(11(3)4)16(17)19-6/h7-11,15H,1-6H3. The van der Waals surface area contributed by atoms with Gasteiger partial charge >= 0.3 is 5.97 Å². The molecule has 0 saturated heterocycles. The van der Waals surface area contributed by atoms with Crippen LogP contribution in [0.5, 0.6) is 5.75 Å². The molecule has 0 fully saturated rings. The summed E-state index contributed by atoms with van der Waals surface area (Å²) in [6.45, 7) is 8.30. The van der Waals surface area contributed by atoms with E-state index in [9.17, 15) is 4.79 Å². The SMILES string of the molecule is COC(=O)C(c1cc(C(C)C)ccc1OC)C(C)C. The van der Waals surface area contributed by atoms with Crippen molar-refractivity contribution in [3.05, 3.63) is 29.3 Å². The molecule has 1 atom stereocenters. The highest BCUT2D eigenvalue weighted by molar-refractivity contribution is 5.79. The van der Waals surface area contributed by atoms with Crippen LogP contribution in [0.1, 0.15) is 50.7 Å². The van der Waals surface area contributed by atoms with Gasteiger partial charge in [-0.25, -0.2) is 0 Å². The molecular formula is C16H24O3. The van der Waals surface area contributed by atoms with E-state index in [2.05, 4.69) is 19.9 Å². The average molecular weight is 264 g/mol. The highest BCUT2D eigenvalue weighted by atomic mass is 16.5. The first-order valence-electron chi connectivity index (χ1n) is 6.68. The van der Waals surface area contributed by atoms with Gasteiger partial charge in [-0.2, -0.15) is 0 Å². The van der Waals surface area contributed by atoms with E-state index in [0.29, 0.717) is 5.92 Å². The molecule has 1 aromatic rings. The van der Waals surface area contributed by atoms with Crippen molar-refractivity contribution in [2.24, 2.45) is 5.92 Å². The summed E-state index contributed by atoms with van der Waals surface area (Å²) >= 11 is 0. The van der Waals surface area contributed by atoms with Gasteiger partial charge in [0.25, 0.3) is 0 Å². The largest absolute Gasteiger partial charge is 0.496 e. The minimum atomic E-state index is -0.293. The molecule has 19 heavy (non-hydrogen) atoms. The number of ether oxygens (including phenoxy) is 2. The quantitative estimate of drug-likeness (QED) is 0.760. The number of hydrogen-bond acceptors (Lipinski definition) is 3. The monoisotopic (exact) mass is 264 g/mol. The fourth-order valence-corrected chi connectivity index (χ4v) is 2.24. The van der Waals surface area contributed by atoms with Gasteiger partial charge in [0.2, 0.25) is 0 Å². The molecule has 1 aromatic carbocycles. The van der Waals surface area contributed by atoms with E-state index in [4.69, 9.17) is 9.47 Å². The Morgan fingerprint density at radius 2 is 1.74 bits per heavy atom. The number of esters is 1. The van der Waals surface area contributed by atoms with Crippen molar-refractivity contribution >= 4 is 5.97 Å². The fourth-order valence-electron chi connectivity index (χ4n) is 2.24. The van der Waals surface area contributed by atoms with Crippen LogP contribution in [0.4, 0.5) is 0 Å². The minimum absolute atomic E-state index is 0.156. The van der Waals surface area contributed by atoms with Crippen LogP contribution < -0.4 is 4.74 Å². The molecule has 1 unspecified atom stereocenters. The van der Waals surface area contributed by atoms with Crippen molar-refractivity contribution in [2.75, 3.05) is 14.2 Å². The topological polar surface area (TPSA) is 35.5 Å². The summed E-state index contributed by atoms with van der Waals surface area (Å²) in [6.07, 6.45) is 0. The summed E-state index contributed by atoms with van der Waals surface area (Å²) in [5, 5.41) is 0. The Hall–Kier alpha value is -1.51. The molecule has 0 bridgehead atoms. The molecule has 0 N–H and O–H groups in total. The van der Waals surface area contributed by atoms with Gasteiger partial charge in [-0.3, -0.25) is 4.79 Å². The molecule has 106 valence electrons. The molecular weight excluding hydrogens is 240 g/mol. The van der Waals surface area contributed by atoms with E-state index >= 15 is 0 Å². The Bertz CT molecular complexity index is 436. The fraction of sp³-hybridized carbons (Fsp3) is 0.562. The molecule has 0 aliphatic carbocycles. The van der Waals surface area contributed by atoms with Crippen LogP contribution in [0.2, 0.25) is 0 Å². The predicted octanol–water partition coefficient (Wildman–Crippen LogP) is 3.73. The summed E-state index contributed by atoms with van der Waals surface area (Å²) in [5.74, 6) is 0.806. The molecule has 0 heterocycles. The zero-order valence-electron chi connectivity index (χ0n) is 12.7. The Morgan fingerprint density at radius 1 is 1.11 bits per heavy atom. The molecule has 1 rings (SSSR count). The third-order valence-corrected chi connectivity index (χ3v) is 3.38. The van der Waals surface area contributed by atoms with E-state index in [1.807, 2.05) is 26.0 Å². The summed E-state index contributed by atoms with van der Waals surface area (Å²) in [7, 11) is 3.05. The summed E-state index contributed by atoms with van der Waals surface area (Å²) < 4.78 is 10.3. The molecule has 0 saturated carbocycles. The van der Waals surface area contributed by atoms with Crippen molar-refractivity contribution in [1.29, 1.82) is 0 Å². The number of benzene rings is 1. The van der Waals surface area contributed by atoms with Gasteiger partial charge in [0.1, 0.15) is 5.75 Å². The maximum atomic E-state index is 12.0. The van der Waals surface area contributed by atoms with Crippen molar-refractivity contribution in [2.45, 2.75) is 39.5 Å². The lowest BCUT2D eigenvalue weighted by atomic mass is 9.85. The zero-order valence-corrected chi connectivity index (χ0v) is 12.7. The van der Waals surface area contributed by atoms with Gasteiger partial charge in [-0.05, 0) is 23.5 Å². The van der Waals surface area contributed by atoms with Gasteiger partial charge in [0, 0.05) is 5.56 Å². The molecule has 0 radical (unpaired) electrons. The van der Waals surface area contributed by atoms with Crippen LogP contribution in [0.25, 0.3) is 0 Å². The third-order valence-electron chi connectivity index (χ3n) is 3.38. The molecule has 3 nitrogen and oxygen atoms in total. The van der Waals surface area contributed by atoms with Crippen LogP contribution in [-0.4, -0.2) is 20.2 Å². The summed E-state index contributed by atoms with van der Waals surface area (Å²) in [5.41, 5.74) is 2.11. The number of methoxy groups -OCH3 is 2. The maximum Gasteiger partial charge on any atom is 0.313 e. The van der Waals surface area contributed by atoms with Gasteiger partial charge in [-0.15, -0.1) is 0 Å². The van der Waals surface area contributed by atoms with Crippen LogP contribution in [-0.2, 0) is 9.53 Å². The molecule has 3 heteroatoms. The van der Waals surface area contributed by atoms with Gasteiger partial charge < -0.3 is 9.47 Å². The highest BCUT2D eigenvalue weighted by Gasteiger charge is 2.28. The van der Waals surface area contributed by atoms with Crippen LogP contribution >= 0.6 is 0 Å². The van der Waals surface area contributed by atoms with Crippen molar-refractivity contribution < 1.29 is 14.3 Å². The number of carbonyl (C=O) groups is 1. The molecule has 0 aromatic heterocycles. The second-order valence-electron chi connectivity index (χ2n) is 5.40. The number of rotatable bonds is 5. The van der Waals surface area contributed by atoms with E-state index < -0.39 is 0 Å². The van der Waals surface area contributed by atoms with Crippen LogP contribution in [0.3, 0.4) is 0 Å². The van der Waals surface area contributed by atoms with E-state index in [0.717, 1.165) is 11.3 Å². The second-order valence-corrected chi connectivity index (χ2v) is 5.40. The van der Waals surface area contributed by atoms with E-state index in [1.165, 1.54) is 12.7 Å². The predicted molar refractivity (Wildman–Crippen MR) is 76.7 cm³/mol. The van der Waals surface area contributed by atoms with Gasteiger partial charge in [-0.1, -0.05) is 39.8 Å². The Balaban J connectivity index is 3.34. The third kappa shape index (κ3) is 3.49. The normalized spacial score (nSPS) is 12.6. The second kappa shape index (κ2) is 6.60. The number of carbonyl (C=O) groups excluding carboxylic acids is 1. The smallest absolute Gasteiger partial charge is 0.313 e. The minimum Gasteiger partial charge on any atom is -0.496 e. The van der Waals surface area contributed by atoms with E-state index in [1.54, 1.807) is 7.11 Å². The van der Waals surface area contributed by atoms with Crippen LogP contribution in [0.15, 0.2) is 18.2 Å². The first kappa shape index (κ1) is 15.5. The highest BCUT2D eigenvalue weighted by Crippen LogP contribution is 2.35. The zero-order chi connectivity index (χ0) is 14.6. The Labute approximate surface area is 115 Å². The lowest BCUT2D eigenvalue weighted by molar-refractivity contribution is -0.143. The molecule has 0 aliphatic heterocycles. The summed E-state index contributed by atoms with van der Waals surface area (Å²) in [4.78, 5) is 12.0. The summed E-state index contributed by atoms with van der Waals surface area (Å²) in [6, 6.07) is 6.04. The van der Waals surface area contributed by atoms with Crippen molar-refractivity contribution in [3.63, 3.8) is 0 Å². The average Bonchev–Trinajstić information content (AvgIpc) is 2.38. The van der Waals surface area contributed by atoms with Gasteiger partial charge in [0.15, 0.2) is 0 Å². The van der Waals surface area contributed by atoms with Crippen molar-refractivity contribution in [3.8, 4) is 5.75 Å². The van der Waals surface area contributed by atoms with Gasteiger partial charge in [0.05, 0.1) is 20.1 Å². The molecule has 0 aliphatic rings. The maximum absolute atomic E-state index is 12.0. The first-order chi connectivity index (χ1) is 8.92. The molecule has 0 spiro atoms. The molecule has 0 amide bonds. The Kier molecular flexibility index (Phi) is 5.40. The lowest BCUT2D eigenvalue weighted by Crippen LogP contribution is -2.20. The van der Waals surface area contributed by atoms with E-state index in [-0.39, 0.29) is 17.8 Å². The lowest BCUT2D eigenvalue weighted by Gasteiger charge is -2.22.